The van der Waals surface area contributed by atoms with E-state index in [1.807, 2.05) is 13.8 Å². The second-order valence-electron chi connectivity index (χ2n) is 4.00. The number of hydrogen-bond donors (Lipinski definition) is 1. The summed E-state index contributed by atoms with van der Waals surface area (Å²) in [5.74, 6) is -1.91. The lowest BCUT2D eigenvalue weighted by Gasteiger charge is -2.18. The van der Waals surface area contributed by atoms with E-state index in [-0.39, 0.29) is 5.69 Å². The minimum absolute atomic E-state index is 0.322. The number of rotatable bonds is 7. The topological polar surface area (TPSA) is 58.4 Å². The summed E-state index contributed by atoms with van der Waals surface area (Å²) in [6.45, 7) is 6.70. The summed E-state index contributed by atoms with van der Waals surface area (Å²) in [7, 11) is 0. The lowest BCUT2D eigenvalue weighted by molar-refractivity contribution is -0.385. The molecule has 0 aliphatic rings. The first-order valence-electron chi connectivity index (χ1n) is 6.09. The number of nitrogens with zero attached hydrogens (tertiary/aromatic N) is 2. The van der Waals surface area contributed by atoms with Crippen molar-refractivity contribution in [1.29, 1.82) is 0 Å². The van der Waals surface area contributed by atoms with Crippen molar-refractivity contribution < 1.29 is 13.7 Å². The third kappa shape index (κ3) is 4.13. The Labute approximate surface area is 110 Å². The molecule has 0 radical (unpaired) electrons. The van der Waals surface area contributed by atoms with E-state index in [1.54, 1.807) is 0 Å². The molecule has 1 N–H and O–H groups in total. The Hall–Kier alpha value is -1.76. The highest BCUT2D eigenvalue weighted by Crippen LogP contribution is 2.24. The van der Waals surface area contributed by atoms with Crippen LogP contribution in [0.3, 0.4) is 0 Å². The van der Waals surface area contributed by atoms with Crippen LogP contribution < -0.4 is 5.32 Å². The van der Waals surface area contributed by atoms with Gasteiger partial charge in [0.15, 0.2) is 11.6 Å². The van der Waals surface area contributed by atoms with Gasteiger partial charge in [0.05, 0.1) is 17.1 Å². The molecule has 0 unspecified atom stereocenters. The van der Waals surface area contributed by atoms with Crippen LogP contribution in [0.5, 0.6) is 0 Å². The Bertz CT molecular complexity index is 428. The van der Waals surface area contributed by atoms with Crippen molar-refractivity contribution in [1.82, 2.24) is 4.90 Å². The summed E-state index contributed by atoms with van der Waals surface area (Å²) in [5.41, 5.74) is -0.915. The van der Waals surface area contributed by atoms with Gasteiger partial charge in [-0.05, 0) is 13.1 Å². The molecule has 0 fully saturated rings. The number of nitro groups is 1. The fraction of sp³-hybridized carbons (Fsp3) is 0.500. The van der Waals surface area contributed by atoms with Gasteiger partial charge in [0.25, 0.3) is 5.69 Å². The molecule has 1 aromatic carbocycles. The number of benzene rings is 1. The highest BCUT2D eigenvalue weighted by molar-refractivity contribution is 5.51. The molecule has 0 bridgehead atoms. The molecule has 0 saturated carbocycles. The van der Waals surface area contributed by atoms with E-state index in [0.717, 1.165) is 13.1 Å². The van der Waals surface area contributed by atoms with Crippen LogP contribution in [0, 0.1) is 21.7 Å². The molecule has 19 heavy (non-hydrogen) atoms. The Morgan fingerprint density at radius 3 is 2.21 bits per heavy atom. The first-order chi connectivity index (χ1) is 8.99. The summed E-state index contributed by atoms with van der Waals surface area (Å²) in [6, 6.07) is 1.42. The zero-order valence-corrected chi connectivity index (χ0v) is 10.9. The van der Waals surface area contributed by atoms with Gasteiger partial charge in [-0.2, -0.15) is 0 Å². The number of anilines is 1. The van der Waals surface area contributed by atoms with Crippen molar-refractivity contribution in [3.05, 3.63) is 33.9 Å². The fourth-order valence-electron chi connectivity index (χ4n) is 1.71. The predicted molar refractivity (Wildman–Crippen MR) is 69.3 cm³/mol. The summed E-state index contributed by atoms with van der Waals surface area (Å²) in [6.07, 6.45) is 0. The van der Waals surface area contributed by atoms with Crippen LogP contribution in [-0.2, 0) is 0 Å². The maximum absolute atomic E-state index is 13.5. The maximum Gasteiger partial charge on any atom is 0.275 e. The van der Waals surface area contributed by atoms with Crippen molar-refractivity contribution in [2.24, 2.45) is 0 Å². The van der Waals surface area contributed by atoms with Crippen molar-refractivity contribution in [3.8, 4) is 0 Å². The van der Waals surface area contributed by atoms with Gasteiger partial charge < -0.3 is 10.2 Å². The molecule has 106 valence electrons. The number of nitrogens with one attached hydrogen (secondary N) is 1. The molecule has 0 spiro atoms. The molecule has 0 heterocycles. The van der Waals surface area contributed by atoms with E-state index in [2.05, 4.69) is 10.2 Å². The fourth-order valence-corrected chi connectivity index (χ4v) is 1.71. The average molecular weight is 273 g/mol. The van der Waals surface area contributed by atoms with Crippen molar-refractivity contribution in [3.63, 3.8) is 0 Å². The highest BCUT2D eigenvalue weighted by atomic mass is 19.1. The van der Waals surface area contributed by atoms with E-state index < -0.39 is 22.2 Å². The standard InChI is InChI=1S/C12H17F2N3O2/c1-3-16(4-2)6-5-15-12-10(13)7-9(17(18)19)8-11(12)14/h7-8,15H,3-6H2,1-2H3. The van der Waals surface area contributed by atoms with Gasteiger partial charge in [-0.15, -0.1) is 0 Å². The minimum atomic E-state index is -0.953. The lowest BCUT2D eigenvalue weighted by Crippen LogP contribution is -2.29. The van der Waals surface area contributed by atoms with E-state index in [1.165, 1.54) is 0 Å². The molecule has 0 aliphatic carbocycles. The van der Waals surface area contributed by atoms with Gasteiger partial charge in [0.2, 0.25) is 0 Å². The number of halogens is 2. The molecular weight excluding hydrogens is 256 g/mol. The molecule has 0 saturated heterocycles. The third-order valence-electron chi connectivity index (χ3n) is 2.86. The number of hydrogen-bond acceptors (Lipinski definition) is 4. The van der Waals surface area contributed by atoms with Crippen LogP contribution in [0.25, 0.3) is 0 Å². The zero-order chi connectivity index (χ0) is 14.4. The van der Waals surface area contributed by atoms with Crippen LogP contribution in [0.1, 0.15) is 13.8 Å². The van der Waals surface area contributed by atoms with Crippen LogP contribution in [0.15, 0.2) is 12.1 Å². The first-order valence-corrected chi connectivity index (χ1v) is 6.09. The molecule has 0 aliphatic heterocycles. The molecule has 0 amide bonds. The van der Waals surface area contributed by atoms with Crippen molar-refractivity contribution >= 4 is 11.4 Å². The summed E-state index contributed by atoms with van der Waals surface area (Å²) in [5, 5.41) is 13.1. The van der Waals surface area contributed by atoms with Gasteiger partial charge in [-0.1, -0.05) is 13.8 Å². The lowest BCUT2D eigenvalue weighted by atomic mass is 10.2. The van der Waals surface area contributed by atoms with E-state index in [4.69, 9.17) is 0 Å². The molecule has 5 nitrogen and oxygen atoms in total. The third-order valence-corrected chi connectivity index (χ3v) is 2.86. The molecule has 1 aromatic rings. The van der Waals surface area contributed by atoms with Gasteiger partial charge in [-0.25, -0.2) is 8.78 Å². The quantitative estimate of drug-likeness (QED) is 0.613. The van der Waals surface area contributed by atoms with Gasteiger partial charge >= 0.3 is 0 Å². The van der Waals surface area contributed by atoms with Crippen LogP contribution in [-0.4, -0.2) is 36.0 Å². The molecule has 0 atom stereocenters. The minimum Gasteiger partial charge on any atom is -0.379 e. The number of non-ortho nitro benzene ring substituents is 1. The summed E-state index contributed by atoms with van der Waals surface area (Å²) >= 11 is 0. The smallest absolute Gasteiger partial charge is 0.275 e. The molecule has 0 aromatic heterocycles. The molecular formula is C12H17F2N3O2. The Morgan fingerprint density at radius 1 is 1.26 bits per heavy atom. The second-order valence-corrected chi connectivity index (χ2v) is 4.00. The molecule has 1 rings (SSSR count). The SMILES string of the molecule is CCN(CC)CCNc1c(F)cc([N+](=O)[O-])cc1F. The summed E-state index contributed by atoms with van der Waals surface area (Å²) in [4.78, 5) is 11.7. The summed E-state index contributed by atoms with van der Waals surface area (Å²) < 4.78 is 27.1. The predicted octanol–water partition coefficient (Wildman–Crippen LogP) is 2.63. The van der Waals surface area contributed by atoms with Crippen LogP contribution in [0.2, 0.25) is 0 Å². The van der Waals surface area contributed by atoms with Crippen LogP contribution in [0.4, 0.5) is 20.2 Å². The zero-order valence-electron chi connectivity index (χ0n) is 10.9. The maximum atomic E-state index is 13.5. The highest BCUT2D eigenvalue weighted by Gasteiger charge is 2.16. The normalized spacial score (nSPS) is 10.8. The van der Waals surface area contributed by atoms with E-state index >= 15 is 0 Å². The Balaban J connectivity index is 2.71. The largest absolute Gasteiger partial charge is 0.379 e. The van der Waals surface area contributed by atoms with Gasteiger partial charge in [0.1, 0.15) is 5.69 Å². The van der Waals surface area contributed by atoms with E-state index in [9.17, 15) is 18.9 Å². The Morgan fingerprint density at radius 2 is 1.79 bits per heavy atom. The van der Waals surface area contributed by atoms with Crippen molar-refractivity contribution in [2.45, 2.75) is 13.8 Å². The van der Waals surface area contributed by atoms with Gasteiger partial charge in [-0.3, -0.25) is 10.1 Å². The number of nitro benzene ring substituents is 1. The van der Waals surface area contributed by atoms with Crippen molar-refractivity contribution in [2.75, 3.05) is 31.5 Å². The second kappa shape index (κ2) is 6.98. The van der Waals surface area contributed by atoms with E-state index in [0.29, 0.717) is 25.2 Å². The van der Waals surface area contributed by atoms with Crippen LogP contribution >= 0.6 is 0 Å². The Kier molecular flexibility index (Phi) is 5.62. The average Bonchev–Trinajstić information content (AvgIpc) is 2.37. The monoisotopic (exact) mass is 273 g/mol. The first kappa shape index (κ1) is 15.3. The molecule has 7 heteroatoms. The number of likely N-dealkylation sites (N-methyl/N-ethyl adjacent to an activating group) is 1. The van der Waals surface area contributed by atoms with Gasteiger partial charge in [0, 0.05) is 13.1 Å².